The van der Waals surface area contributed by atoms with Gasteiger partial charge in [0.25, 0.3) is 5.91 Å². The van der Waals surface area contributed by atoms with Crippen molar-refractivity contribution in [3.05, 3.63) is 29.3 Å². The zero-order valence-corrected chi connectivity index (χ0v) is 15.9. The van der Waals surface area contributed by atoms with E-state index >= 15 is 0 Å². The van der Waals surface area contributed by atoms with Crippen LogP contribution in [0, 0.1) is 0 Å². The molecule has 1 amide bonds. The fourth-order valence-electron chi connectivity index (χ4n) is 4.12. The van der Waals surface area contributed by atoms with Gasteiger partial charge in [0.05, 0.1) is 11.9 Å². The molecule has 1 atom stereocenters. The van der Waals surface area contributed by atoms with E-state index < -0.39 is 10.0 Å². The molecule has 1 aromatic carbocycles. The topological polar surface area (TPSA) is 66.5 Å². The minimum Gasteiger partial charge on any atom is -0.349 e. The fraction of sp³-hybridized carbons (Fsp3) is 0.632. The van der Waals surface area contributed by atoms with Crippen LogP contribution in [0.3, 0.4) is 0 Å². The third-order valence-corrected chi connectivity index (χ3v) is 6.56. The summed E-state index contributed by atoms with van der Waals surface area (Å²) in [5, 5.41) is 3.18. The lowest BCUT2D eigenvalue weighted by molar-refractivity contribution is 0.0930. The molecule has 138 valence electrons. The molecule has 0 saturated heterocycles. The maximum absolute atomic E-state index is 12.6. The van der Waals surface area contributed by atoms with Gasteiger partial charge in [-0.05, 0) is 49.9 Å². The van der Waals surface area contributed by atoms with Crippen molar-refractivity contribution in [2.45, 2.75) is 70.4 Å². The number of rotatable bonds is 3. The summed E-state index contributed by atoms with van der Waals surface area (Å²) < 4.78 is 25.4. The Bertz CT molecular complexity index is 737. The number of fused-ring (bicyclic) bond motifs is 1. The predicted octanol–water partition coefficient (Wildman–Crippen LogP) is 3.24. The van der Waals surface area contributed by atoms with Crippen molar-refractivity contribution in [2.24, 2.45) is 0 Å². The molecule has 0 bridgehead atoms. The molecule has 1 saturated carbocycles. The first kappa shape index (κ1) is 18.2. The molecule has 6 heteroatoms. The van der Waals surface area contributed by atoms with Gasteiger partial charge in [-0.15, -0.1) is 0 Å². The third kappa shape index (κ3) is 4.17. The number of nitrogens with one attached hydrogen (secondary N) is 1. The molecule has 0 radical (unpaired) electrons. The van der Waals surface area contributed by atoms with Crippen LogP contribution in [0.1, 0.15) is 67.8 Å². The molecular weight excluding hydrogens is 336 g/mol. The van der Waals surface area contributed by atoms with Crippen LogP contribution >= 0.6 is 0 Å². The van der Waals surface area contributed by atoms with Crippen molar-refractivity contribution in [1.29, 1.82) is 0 Å². The summed E-state index contributed by atoms with van der Waals surface area (Å²) in [5.41, 5.74) is 2.27. The smallest absolute Gasteiger partial charge is 0.251 e. The summed E-state index contributed by atoms with van der Waals surface area (Å²) in [4.78, 5) is 12.6. The van der Waals surface area contributed by atoms with Crippen molar-refractivity contribution in [2.75, 3.05) is 10.6 Å². The maximum Gasteiger partial charge on any atom is 0.251 e. The summed E-state index contributed by atoms with van der Waals surface area (Å²) in [6.07, 6.45) is 10.1. The zero-order valence-electron chi connectivity index (χ0n) is 15.1. The van der Waals surface area contributed by atoms with E-state index in [1.807, 2.05) is 13.0 Å². The SMILES string of the molecule is C[C@@H]1Cc2cc(C(=O)NC3CCCCCCC3)ccc2N1S(C)(=O)=O. The number of hydrogen-bond acceptors (Lipinski definition) is 3. The maximum atomic E-state index is 12.6. The third-order valence-electron chi connectivity index (χ3n) is 5.29. The Morgan fingerprint density at radius 2 is 1.76 bits per heavy atom. The number of hydrogen-bond donors (Lipinski definition) is 1. The Morgan fingerprint density at radius 1 is 1.12 bits per heavy atom. The number of carbonyl (C=O) groups excluding carboxylic acids is 1. The molecule has 1 N–H and O–H groups in total. The van der Waals surface area contributed by atoms with Gasteiger partial charge < -0.3 is 5.32 Å². The Hall–Kier alpha value is -1.56. The second-order valence-corrected chi connectivity index (χ2v) is 9.33. The summed E-state index contributed by atoms with van der Waals surface area (Å²) >= 11 is 0. The predicted molar refractivity (Wildman–Crippen MR) is 101 cm³/mol. The van der Waals surface area contributed by atoms with Gasteiger partial charge in [0.2, 0.25) is 10.0 Å². The molecule has 2 aliphatic rings. The first-order chi connectivity index (χ1) is 11.9. The molecule has 0 spiro atoms. The molecule has 1 aliphatic heterocycles. The Labute approximate surface area is 150 Å². The van der Waals surface area contributed by atoms with E-state index in [-0.39, 0.29) is 18.0 Å². The molecule has 5 nitrogen and oxygen atoms in total. The Morgan fingerprint density at radius 3 is 2.40 bits per heavy atom. The summed E-state index contributed by atoms with van der Waals surface area (Å²) in [6, 6.07) is 5.52. The van der Waals surface area contributed by atoms with Gasteiger partial charge >= 0.3 is 0 Å². The van der Waals surface area contributed by atoms with Crippen LogP contribution < -0.4 is 9.62 Å². The van der Waals surface area contributed by atoms with Crippen molar-refractivity contribution in [3.63, 3.8) is 0 Å². The molecule has 0 unspecified atom stereocenters. The van der Waals surface area contributed by atoms with Gasteiger partial charge in [0.15, 0.2) is 0 Å². The summed E-state index contributed by atoms with van der Waals surface area (Å²) in [6.45, 7) is 1.90. The highest BCUT2D eigenvalue weighted by Crippen LogP contribution is 2.34. The Balaban J connectivity index is 1.74. The van der Waals surface area contributed by atoms with Gasteiger partial charge in [0.1, 0.15) is 0 Å². The number of nitrogens with zero attached hydrogens (tertiary/aromatic N) is 1. The van der Waals surface area contributed by atoms with Crippen LogP contribution in [-0.2, 0) is 16.4 Å². The van der Waals surface area contributed by atoms with Gasteiger partial charge in [-0.1, -0.05) is 32.1 Å². The molecular formula is C19H28N2O3S. The molecule has 1 fully saturated rings. The van der Waals surface area contributed by atoms with E-state index in [0.29, 0.717) is 17.7 Å². The number of benzene rings is 1. The lowest BCUT2D eigenvalue weighted by atomic mass is 9.96. The normalized spacial score (nSPS) is 22.2. The summed E-state index contributed by atoms with van der Waals surface area (Å²) in [5.74, 6) is -0.0427. The second-order valence-electron chi connectivity index (χ2n) is 7.47. The minimum atomic E-state index is -3.30. The Kier molecular flexibility index (Phi) is 5.37. The number of anilines is 1. The minimum absolute atomic E-state index is 0.0427. The van der Waals surface area contributed by atoms with Crippen molar-refractivity contribution in [1.82, 2.24) is 5.32 Å². The fourth-order valence-corrected chi connectivity index (χ4v) is 5.38. The van der Waals surface area contributed by atoms with E-state index in [1.54, 1.807) is 12.1 Å². The highest BCUT2D eigenvalue weighted by Gasteiger charge is 2.32. The molecule has 1 heterocycles. The van der Waals surface area contributed by atoms with E-state index in [1.165, 1.54) is 42.7 Å². The monoisotopic (exact) mass is 364 g/mol. The molecule has 1 aromatic rings. The van der Waals surface area contributed by atoms with Crippen LogP contribution in [0.4, 0.5) is 5.69 Å². The molecule has 25 heavy (non-hydrogen) atoms. The molecule has 1 aliphatic carbocycles. The first-order valence-electron chi connectivity index (χ1n) is 9.29. The average molecular weight is 365 g/mol. The highest BCUT2D eigenvalue weighted by molar-refractivity contribution is 7.92. The van der Waals surface area contributed by atoms with Gasteiger partial charge in [0, 0.05) is 17.6 Å². The van der Waals surface area contributed by atoms with Crippen LogP contribution in [0.5, 0.6) is 0 Å². The van der Waals surface area contributed by atoms with Crippen LogP contribution in [0.2, 0.25) is 0 Å². The van der Waals surface area contributed by atoms with Crippen LogP contribution in [-0.4, -0.2) is 32.7 Å². The number of sulfonamides is 1. The van der Waals surface area contributed by atoms with Gasteiger partial charge in [-0.2, -0.15) is 0 Å². The van der Waals surface area contributed by atoms with Gasteiger partial charge in [-0.25, -0.2) is 8.42 Å². The van der Waals surface area contributed by atoms with Crippen molar-refractivity contribution in [3.8, 4) is 0 Å². The van der Waals surface area contributed by atoms with Crippen molar-refractivity contribution >= 4 is 21.6 Å². The average Bonchev–Trinajstić information content (AvgIpc) is 2.84. The number of carbonyl (C=O) groups is 1. The first-order valence-corrected chi connectivity index (χ1v) is 11.1. The van der Waals surface area contributed by atoms with Crippen LogP contribution in [0.15, 0.2) is 18.2 Å². The van der Waals surface area contributed by atoms with E-state index in [0.717, 1.165) is 18.4 Å². The second kappa shape index (κ2) is 7.36. The zero-order chi connectivity index (χ0) is 18.0. The number of amides is 1. The van der Waals surface area contributed by atoms with E-state index in [2.05, 4.69) is 5.32 Å². The largest absolute Gasteiger partial charge is 0.349 e. The van der Waals surface area contributed by atoms with Gasteiger partial charge in [-0.3, -0.25) is 9.10 Å². The molecule has 0 aromatic heterocycles. The standard InChI is InChI=1S/C19H28N2O3S/c1-14-12-16-13-15(10-11-18(16)21(14)25(2,23)24)19(22)20-17-8-6-4-3-5-7-9-17/h10-11,13-14,17H,3-9,12H2,1-2H3,(H,20,22)/t14-/m1/s1. The van der Waals surface area contributed by atoms with E-state index in [4.69, 9.17) is 0 Å². The lowest BCUT2D eigenvalue weighted by Crippen LogP contribution is -2.35. The highest BCUT2D eigenvalue weighted by atomic mass is 32.2. The molecule has 3 rings (SSSR count). The van der Waals surface area contributed by atoms with E-state index in [9.17, 15) is 13.2 Å². The van der Waals surface area contributed by atoms with Crippen LogP contribution in [0.25, 0.3) is 0 Å². The quantitative estimate of drug-likeness (QED) is 0.895. The van der Waals surface area contributed by atoms with Crippen molar-refractivity contribution < 1.29 is 13.2 Å². The summed E-state index contributed by atoms with van der Waals surface area (Å²) in [7, 11) is -3.30. The lowest BCUT2D eigenvalue weighted by Gasteiger charge is -2.22.